The molecule has 0 saturated heterocycles. The van der Waals surface area contributed by atoms with Gasteiger partial charge in [0, 0.05) is 5.88 Å². The highest BCUT2D eigenvalue weighted by Gasteiger charge is 2.36. The van der Waals surface area contributed by atoms with Crippen molar-refractivity contribution in [1.29, 1.82) is 0 Å². The highest BCUT2D eigenvalue weighted by Crippen LogP contribution is 2.31. The van der Waals surface area contributed by atoms with Crippen molar-refractivity contribution < 1.29 is 9.59 Å². The van der Waals surface area contributed by atoms with Crippen molar-refractivity contribution >= 4 is 29.1 Å². The SMILES string of the molecule is O=C1c2ccccc2C(=O)N1c1ccccc1CCl. The van der Waals surface area contributed by atoms with E-state index in [-0.39, 0.29) is 17.7 Å². The van der Waals surface area contributed by atoms with Gasteiger partial charge in [-0.2, -0.15) is 0 Å². The van der Waals surface area contributed by atoms with Gasteiger partial charge in [-0.1, -0.05) is 30.3 Å². The molecule has 0 unspecified atom stereocenters. The van der Waals surface area contributed by atoms with Crippen LogP contribution in [0.2, 0.25) is 0 Å². The lowest BCUT2D eigenvalue weighted by molar-refractivity contribution is 0.0926. The largest absolute Gasteiger partial charge is 0.268 e. The summed E-state index contributed by atoms with van der Waals surface area (Å²) in [6.07, 6.45) is 0. The van der Waals surface area contributed by atoms with Crippen LogP contribution in [0.5, 0.6) is 0 Å². The number of fused-ring (bicyclic) bond motifs is 1. The number of rotatable bonds is 2. The van der Waals surface area contributed by atoms with Crippen molar-refractivity contribution in [3.05, 3.63) is 65.2 Å². The maximum atomic E-state index is 12.3. The number of carbonyl (C=O) groups is 2. The summed E-state index contributed by atoms with van der Waals surface area (Å²) in [7, 11) is 0. The van der Waals surface area contributed by atoms with E-state index in [2.05, 4.69) is 0 Å². The highest BCUT2D eigenvalue weighted by atomic mass is 35.5. The fourth-order valence-corrected chi connectivity index (χ4v) is 2.48. The molecule has 0 atom stereocenters. The summed E-state index contributed by atoms with van der Waals surface area (Å²) >= 11 is 5.87. The molecule has 3 rings (SSSR count). The smallest absolute Gasteiger partial charge is 0.266 e. The molecule has 4 heteroatoms. The number of anilines is 1. The Morgan fingerprint density at radius 3 is 1.95 bits per heavy atom. The second kappa shape index (κ2) is 4.52. The van der Waals surface area contributed by atoms with Crippen LogP contribution in [0, 0.1) is 0 Å². The van der Waals surface area contributed by atoms with Crippen LogP contribution in [-0.2, 0) is 5.88 Å². The maximum Gasteiger partial charge on any atom is 0.266 e. The summed E-state index contributed by atoms with van der Waals surface area (Å²) in [4.78, 5) is 25.9. The van der Waals surface area contributed by atoms with E-state index in [0.29, 0.717) is 16.8 Å². The van der Waals surface area contributed by atoms with Gasteiger partial charge in [-0.3, -0.25) is 9.59 Å². The molecule has 0 spiro atoms. The molecule has 19 heavy (non-hydrogen) atoms. The van der Waals surface area contributed by atoms with E-state index in [0.717, 1.165) is 5.56 Å². The van der Waals surface area contributed by atoms with Crippen LogP contribution in [0.4, 0.5) is 5.69 Å². The normalized spacial score (nSPS) is 13.8. The van der Waals surface area contributed by atoms with E-state index in [9.17, 15) is 9.59 Å². The number of imide groups is 1. The second-order valence-electron chi connectivity index (χ2n) is 4.25. The molecule has 94 valence electrons. The number of halogens is 1. The van der Waals surface area contributed by atoms with Gasteiger partial charge in [-0.05, 0) is 23.8 Å². The first kappa shape index (κ1) is 11.9. The van der Waals surface area contributed by atoms with E-state index in [1.807, 2.05) is 12.1 Å². The number of carbonyl (C=O) groups excluding carboxylic acids is 2. The Labute approximate surface area is 115 Å². The van der Waals surface area contributed by atoms with Crippen molar-refractivity contribution in [2.24, 2.45) is 0 Å². The number of alkyl halides is 1. The highest BCUT2D eigenvalue weighted by molar-refractivity contribution is 6.34. The molecule has 3 nitrogen and oxygen atoms in total. The van der Waals surface area contributed by atoms with Gasteiger partial charge in [0.1, 0.15) is 0 Å². The zero-order valence-electron chi connectivity index (χ0n) is 9.97. The molecule has 0 N–H and O–H groups in total. The Morgan fingerprint density at radius 2 is 1.37 bits per heavy atom. The van der Waals surface area contributed by atoms with Crippen molar-refractivity contribution in [3.63, 3.8) is 0 Å². The third kappa shape index (κ3) is 1.74. The molecule has 0 saturated carbocycles. The minimum absolute atomic E-state index is 0.254. The third-order valence-corrected chi connectivity index (χ3v) is 3.46. The zero-order chi connectivity index (χ0) is 13.4. The summed E-state index contributed by atoms with van der Waals surface area (Å²) in [5.74, 6) is -0.333. The maximum absolute atomic E-state index is 12.3. The Hall–Kier alpha value is -2.13. The molecule has 1 heterocycles. The molecule has 2 aromatic carbocycles. The van der Waals surface area contributed by atoms with Crippen LogP contribution >= 0.6 is 11.6 Å². The van der Waals surface area contributed by atoms with Gasteiger partial charge in [-0.15, -0.1) is 11.6 Å². The van der Waals surface area contributed by atoms with Crippen LogP contribution in [0.1, 0.15) is 26.3 Å². The van der Waals surface area contributed by atoms with E-state index in [1.54, 1.807) is 36.4 Å². The van der Waals surface area contributed by atoms with E-state index >= 15 is 0 Å². The summed E-state index contributed by atoms with van der Waals surface area (Å²) in [6.45, 7) is 0. The molecule has 0 bridgehead atoms. The lowest BCUT2D eigenvalue weighted by Gasteiger charge is -2.16. The average Bonchev–Trinajstić information content (AvgIpc) is 2.71. The molecular weight excluding hydrogens is 262 g/mol. The first-order valence-electron chi connectivity index (χ1n) is 5.85. The number of nitrogens with zero attached hydrogens (tertiary/aromatic N) is 1. The van der Waals surface area contributed by atoms with Crippen LogP contribution in [-0.4, -0.2) is 11.8 Å². The van der Waals surface area contributed by atoms with Gasteiger partial charge in [0.15, 0.2) is 0 Å². The van der Waals surface area contributed by atoms with Gasteiger partial charge >= 0.3 is 0 Å². The van der Waals surface area contributed by atoms with Crippen molar-refractivity contribution in [3.8, 4) is 0 Å². The molecule has 2 aromatic rings. The topological polar surface area (TPSA) is 37.4 Å². The van der Waals surface area contributed by atoms with Gasteiger partial charge in [0.25, 0.3) is 11.8 Å². The van der Waals surface area contributed by atoms with E-state index in [1.165, 1.54) is 4.90 Å². The van der Waals surface area contributed by atoms with Crippen molar-refractivity contribution in [2.45, 2.75) is 5.88 Å². The van der Waals surface area contributed by atoms with Crippen LogP contribution < -0.4 is 4.90 Å². The Morgan fingerprint density at radius 1 is 0.842 bits per heavy atom. The van der Waals surface area contributed by atoms with Gasteiger partial charge in [0.2, 0.25) is 0 Å². The molecule has 0 fully saturated rings. The first-order chi connectivity index (χ1) is 9.24. The standard InChI is InChI=1S/C15H10ClNO2/c16-9-10-5-1-4-8-13(10)17-14(18)11-6-2-3-7-12(11)15(17)19/h1-8H,9H2. The molecule has 2 amide bonds. The minimum atomic E-state index is -0.293. The Balaban J connectivity index is 2.14. The fraction of sp³-hybridized carbons (Fsp3) is 0.0667. The quantitative estimate of drug-likeness (QED) is 0.621. The summed E-state index contributed by atoms with van der Waals surface area (Å²) in [5, 5.41) is 0. The number of para-hydroxylation sites is 1. The summed E-state index contributed by atoms with van der Waals surface area (Å²) in [6, 6.07) is 14.0. The number of hydrogen-bond acceptors (Lipinski definition) is 2. The van der Waals surface area contributed by atoms with Gasteiger partial charge in [-0.25, -0.2) is 4.90 Å². The third-order valence-electron chi connectivity index (χ3n) is 3.17. The van der Waals surface area contributed by atoms with Crippen molar-refractivity contribution in [2.75, 3.05) is 4.90 Å². The Bertz CT molecular complexity index is 646. The summed E-state index contributed by atoms with van der Waals surface area (Å²) < 4.78 is 0. The molecule has 1 aliphatic heterocycles. The van der Waals surface area contributed by atoms with E-state index in [4.69, 9.17) is 11.6 Å². The molecule has 0 aromatic heterocycles. The van der Waals surface area contributed by atoms with Gasteiger partial charge in [0.05, 0.1) is 16.8 Å². The second-order valence-corrected chi connectivity index (χ2v) is 4.52. The number of hydrogen-bond donors (Lipinski definition) is 0. The lowest BCUT2D eigenvalue weighted by atomic mass is 10.1. The van der Waals surface area contributed by atoms with Crippen LogP contribution in [0.25, 0.3) is 0 Å². The molecule has 0 aliphatic carbocycles. The summed E-state index contributed by atoms with van der Waals surface area (Å²) in [5.41, 5.74) is 2.20. The Kier molecular flexibility index (Phi) is 2.84. The zero-order valence-corrected chi connectivity index (χ0v) is 10.7. The van der Waals surface area contributed by atoms with E-state index < -0.39 is 0 Å². The first-order valence-corrected chi connectivity index (χ1v) is 6.39. The van der Waals surface area contributed by atoms with Crippen LogP contribution in [0.15, 0.2) is 48.5 Å². The monoisotopic (exact) mass is 271 g/mol. The number of benzene rings is 2. The minimum Gasteiger partial charge on any atom is -0.268 e. The van der Waals surface area contributed by atoms with Crippen LogP contribution in [0.3, 0.4) is 0 Å². The fourth-order valence-electron chi connectivity index (χ4n) is 2.25. The predicted octanol–water partition coefficient (Wildman–Crippen LogP) is 3.23. The molecule has 1 aliphatic rings. The number of amides is 2. The van der Waals surface area contributed by atoms with Crippen molar-refractivity contribution in [1.82, 2.24) is 0 Å². The molecular formula is C15H10ClNO2. The predicted molar refractivity (Wildman–Crippen MR) is 73.6 cm³/mol. The van der Waals surface area contributed by atoms with Gasteiger partial charge < -0.3 is 0 Å². The lowest BCUT2D eigenvalue weighted by Crippen LogP contribution is -2.30. The average molecular weight is 272 g/mol. The molecule has 0 radical (unpaired) electrons.